The lowest BCUT2D eigenvalue weighted by Crippen LogP contribution is -2.49. The number of carbonyl (C=O) groups excluding carboxylic acids is 3. The van der Waals surface area contributed by atoms with Crippen LogP contribution in [0, 0.1) is 12.8 Å². The number of hydrogen-bond acceptors (Lipinski definition) is 7. The third kappa shape index (κ3) is 6.51. The van der Waals surface area contributed by atoms with Crippen LogP contribution in [0.5, 0.6) is 5.75 Å². The number of likely N-dealkylation sites (tertiary alicyclic amines) is 2. The zero-order valence-corrected chi connectivity index (χ0v) is 26.4. The van der Waals surface area contributed by atoms with Gasteiger partial charge >= 0.3 is 12.2 Å². The normalized spacial score (nSPS) is 21.0. The molecule has 3 aliphatic heterocycles. The van der Waals surface area contributed by atoms with Gasteiger partial charge in [-0.25, -0.2) is 9.59 Å². The summed E-state index contributed by atoms with van der Waals surface area (Å²) in [6.07, 6.45) is 5.21. The van der Waals surface area contributed by atoms with Gasteiger partial charge in [0.15, 0.2) is 0 Å². The van der Waals surface area contributed by atoms with Gasteiger partial charge in [0.25, 0.3) is 0 Å². The first-order valence-corrected chi connectivity index (χ1v) is 16.1. The summed E-state index contributed by atoms with van der Waals surface area (Å²) in [6.45, 7) is 10.4. The standard InChI is InChI=1S/C33H45N5O6/c1-22-28-29(35-38(22)20-27(39)34-24-8-7-16-36(17-13-24)31(41)44-32(2,3)4)25-9-5-6-10-26(25)43-33(28)14-18-37(19-15-33)30(40)42-21-23-11-12-23/h5-6,9-10,23-24H,7-8,11-21H2,1-4H3,(H,34,39). The summed E-state index contributed by atoms with van der Waals surface area (Å²) in [5.41, 5.74) is 2.46. The molecule has 1 spiro atoms. The van der Waals surface area contributed by atoms with Crippen molar-refractivity contribution < 1.29 is 28.6 Å². The highest BCUT2D eigenvalue weighted by molar-refractivity contribution is 5.78. The molecule has 1 aromatic heterocycles. The molecule has 1 unspecified atom stereocenters. The van der Waals surface area contributed by atoms with Gasteiger partial charge in [-0.15, -0.1) is 0 Å². The van der Waals surface area contributed by atoms with E-state index in [1.54, 1.807) is 14.5 Å². The molecule has 0 radical (unpaired) electrons. The van der Waals surface area contributed by atoms with Gasteiger partial charge in [0.05, 0.1) is 6.61 Å². The lowest BCUT2D eigenvalue weighted by atomic mass is 9.79. The van der Waals surface area contributed by atoms with Crippen molar-refractivity contribution in [2.75, 3.05) is 32.8 Å². The Hall–Kier alpha value is -3.76. The second-order valence-corrected chi connectivity index (χ2v) is 13.7. The van der Waals surface area contributed by atoms with Crippen molar-refractivity contribution in [2.45, 2.75) is 96.4 Å². The van der Waals surface area contributed by atoms with Gasteiger partial charge in [0.2, 0.25) is 5.91 Å². The SMILES string of the molecule is Cc1c2c(nn1CC(=O)NC1CCCN(C(=O)OC(C)(C)C)CC1)-c1ccccc1OC21CCN(C(=O)OCC2CC2)CC1. The molecule has 11 heteroatoms. The first-order valence-electron chi connectivity index (χ1n) is 16.1. The van der Waals surface area contributed by atoms with E-state index in [0.717, 1.165) is 53.9 Å². The van der Waals surface area contributed by atoms with Gasteiger partial charge in [0, 0.05) is 61.9 Å². The molecule has 4 aliphatic rings. The molecule has 1 N–H and O–H groups in total. The number of carbonyl (C=O) groups is 3. The van der Waals surface area contributed by atoms with E-state index in [4.69, 9.17) is 19.3 Å². The molecule has 1 atom stereocenters. The van der Waals surface area contributed by atoms with Crippen LogP contribution in [0.3, 0.4) is 0 Å². The Kier molecular flexibility index (Phi) is 8.24. The summed E-state index contributed by atoms with van der Waals surface area (Å²) < 4.78 is 19.6. The lowest BCUT2D eigenvalue weighted by Gasteiger charge is -2.44. The third-order valence-corrected chi connectivity index (χ3v) is 9.12. The summed E-state index contributed by atoms with van der Waals surface area (Å²) >= 11 is 0. The molecule has 2 aromatic rings. The fraction of sp³-hybridized carbons (Fsp3) is 0.636. The van der Waals surface area contributed by atoms with Crippen LogP contribution >= 0.6 is 0 Å². The number of ether oxygens (including phenoxy) is 3. The van der Waals surface area contributed by atoms with Crippen LogP contribution in [0.1, 0.15) is 77.0 Å². The van der Waals surface area contributed by atoms with Crippen molar-refractivity contribution in [2.24, 2.45) is 5.92 Å². The minimum absolute atomic E-state index is 0.0279. The number of para-hydroxylation sites is 1. The van der Waals surface area contributed by atoms with Crippen LogP contribution < -0.4 is 10.1 Å². The number of fused-ring (bicyclic) bond motifs is 4. The van der Waals surface area contributed by atoms with Gasteiger partial charge in [-0.2, -0.15) is 5.10 Å². The molecule has 4 heterocycles. The van der Waals surface area contributed by atoms with Crippen LogP contribution in [0.25, 0.3) is 11.3 Å². The molecule has 2 saturated heterocycles. The van der Waals surface area contributed by atoms with E-state index >= 15 is 0 Å². The summed E-state index contributed by atoms with van der Waals surface area (Å²) in [5, 5.41) is 8.16. The van der Waals surface area contributed by atoms with Crippen LogP contribution in [-0.4, -0.2) is 82.1 Å². The van der Waals surface area contributed by atoms with Crippen molar-refractivity contribution in [3.63, 3.8) is 0 Å². The number of piperidine rings is 1. The zero-order chi connectivity index (χ0) is 31.1. The number of aromatic nitrogens is 2. The molecular weight excluding hydrogens is 562 g/mol. The Labute approximate surface area is 259 Å². The smallest absolute Gasteiger partial charge is 0.410 e. The van der Waals surface area contributed by atoms with Crippen molar-refractivity contribution in [1.29, 1.82) is 0 Å². The maximum absolute atomic E-state index is 13.3. The van der Waals surface area contributed by atoms with E-state index in [1.165, 1.54) is 0 Å². The number of hydrogen-bond donors (Lipinski definition) is 1. The Bertz CT molecular complexity index is 1400. The highest BCUT2D eigenvalue weighted by Gasteiger charge is 2.47. The number of nitrogens with zero attached hydrogens (tertiary/aromatic N) is 4. The molecule has 11 nitrogen and oxygen atoms in total. The first kappa shape index (κ1) is 30.3. The third-order valence-electron chi connectivity index (χ3n) is 9.12. The largest absolute Gasteiger partial charge is 0.482 e. The minimum atomic E-state index is -0.637. The topological polar surface area (TPSA) is 115 Å². The summed E-state index contributed by atoms with van der Waals surface area (Å²) in [7, 11) is 0. The molecule has 0 bridgehead atoms. The van der Waals surface area contributed by atoms with Gasteiger partial charge < -0.3 is 29.3 Å². The van der Waals surface area contributed by atoms with Crippen LogP contribution in [0.2, 0.25) is 0 Å². The summed E-state index contributed by atoms with van der Waals surface area (Å²) in [5.74, 6) is 1.18. The molecule has 44 heavy (non-hydrogen) atoms. The molecular formula is C33H45N5O6. The zero-order valence-electron chi connectivity index (χ0n) is 26.4. The number of nitrogens with one attached hydrogen (secondary N) is 1. The van der Waals surface area contributed by atoms with Gasteiger partial charge in [-0.05, 0) is 77.8 Å². The Morgan fingerprint density at radius 3 is 2.45 bits per heavy atom. The highest BCUT2D eigenvalue weighted by atomic mass is 16.6. The fourth-order valence-corrected chi connectivity index (χ4v) is 6.57. The predicted octanol–water partition coefficient (Wildman–Crippen LogP) is 4.99. The maximum Gasteiger partial charge on any atom is 0.410 e. The van der Waals surface area contributed by atoms with E-state index < -0.39 is 11.2 Å². The molecule has 3 amide bonds. The average Bonchev–Trinajstić information content (AvgIpc) is 3.78. The highest BCUT2D eigenvalue weighted by Crippen LogP contribution is 2.50. The molecule has 1 aliphatic carbocycles. The fourth-order valence-electron chi connectivity index (χ4n) is 6.57. The first-order chi connectivity index (χ1) is 21.0. The predicted molar refractivity (Wildman–Crippen MR) is 163 cm³/mol. The molecule has 6 rings (SSSR count). The van der Waals surface area contributed by atoms with Crippen LogP contribution in [0.4, 0.5) is 9.59 Å². The van der Waals surface area contributed by atoms with Gasteiger partial charge in [-0.3, -0.25) is 9.48 Å². The summed E-state index contributed by atoms with van der Waals surface area (Å²) in [4.78, 5) is 42.1. The second-order valence-electron chi connectivity index (χ2n) is 13.7. The van der Waals surface area contributed by atoms with Gasteiger partial charge in [-0.1, -0.05) is 12.1 Å². The molecule has 3 fully saturated rings. The van der Waals surface area contributed by atoms with Crippen molar-refractivity contribution in [3.8, 4) is 17.0 Å². The monoisotopic (exact) mass is 607 g/mol. The Balaban J connectivity index is 1.14. The molecule has 238 valence electrons. The second kappa shape index (κ2) is 12.0. The quantitative estimate of drug-likeness (QED) is 0.509. The van der Waals surface area contributed by atoms with E-state index in [-0.39, 0.29) is 30.7 Å². The number of amides is 3. The van der Waals surface area contributed by atoms with Crippen LogP contribution in [-0.2, 0) is 26.4 Å². The van der Waals surface area contributed by atoms with Crippen molar-refractivity contribution in [1.82, 2.24) is 24.9 Å². The van der Waals surface area contributed by atoms with E-state index in [2.05, 4.69) is 5.32 Å². The summed E-state index contributed by atoms with van der Waals surface area (Å²) in [6, 6.07) is 7.86. The van der Waals surface area contributed by atoms with E-state index in [1.807, 2.05) is 52.0 Å². The Morgan fingerprint density at radius 1 is 1.00 bits per heavy atom. The average molecular weight is 608 g/mol. The van der Waals surface area contributed by atoms with E-state index in [9.17, 15) is 14.4 Å². The molecule has 1 aromatic carbocycles. The lowest BCUT2D eigenvalue weighted by molar-refractivity contribution is -0.122. The van der Waals surface area contributed by atoms with Gasteiger partial charge in [0.1, 0.15) is 29.2 Å². The maximum atomic E-state index is 13.3. The van der Waals surface area contributed by atoms with Crippen molar-refractivity contribution in [3.05, 3.63) is 35.5 Å². The minimum Gasteiger partial charge on any atom is -0.482 e. The van der Waals surface area contributed by atoms with Crippen LogP contribution in [0.15, 0.2) is 24.3 Å². The van der Waals surface area contributed by atoms with E-state index in [0.29, 0.717) is 58.0 Å². The number of benzene rings is 1. The van der Waals surface area contributed by atoms with Crippen molar-refractivity contribution >= 4 is 18.1 Å². The molecule has 1 saturated carbocycles. The Morgan fingerprint density at radius 2 is 1.73 bits per heavy atom. The number of rotatable bonds is 5.